The average molecular weight is 486 g/mol. The van der Waals surface area contributed by atoms with E-state index in [1.807, 2.05) is 41.4 Å². The zero-order chi connectivity index (χ0) is 24.4. The summed E-state index contributed by atoms with van der Waals surface area (Å²) < 4.78 is 10.8. The van der Waals surface area contributed by atoms with Crippen molar-refractivity contribution in [2.45, 2.75) is 50.2 Å². The zero-order valence-corrected chi connectivity index (χ0v) is 19.8. The van der Waals surface area contributed by atoms with Crippen LogP contribution in [-0.2, 0) is 14.4 Å². The third kappa shape index (κ3) is 3.09. The SMILES string of the molecule is O=C(Nc1ccc2c(c1)OCO2)[C@@H]1[C@@H]2C(=O)N(C3CCCCC3)C(=O)[C@H]2[C@H]2c3ccccc3C=CN12. The standard InChI is InChI=1S/C28H27N3O5/c32-26(29-17-10-11-20-21(14-17)36-15-35-20)25-23-22(24-19-9-5-4-6-16(19)12-13-30(24)25)27(33)31(28(23)34)18-7-2-1-3-8-18/h4-6,9-14,18,22-25H,1-3,7-8,15H2,(H,29,32)/t22-,23-,24-,25+/m1/s1. The van der Waals surface area contributed by atoms with Gasteiger partial charge in [0.05, 0.1) is 17.9 Å². The molecule has 0 bridgehead atoms. The zero-order valence-electron chi connectivity index (χ0n) is 19.8. The summed E-state index contributed by atoms with van der Waals surface area (Å²) in [5.74, 6) is -0.755. The van der Waals surface area contributed by atoms with E-state index in [9.17, 15) is 14.4 Å². The first-order chi connectivity index (χ1) is 17.6. The molecule has 7 rings (SSSR count). The Morgan fingerprint density at radius 1 is 0.917 bits per heavy atom. The lowest BCUT2D eigenvalue weighted by molar-refractivity contribution is -0.146. The van der Waals surface area contributed by atoms with Crippen molar-refractivity contribution in [3.8, 4) is 11.5 Å². The topological polar surface area (TPSA) is 88.2 Å². The van der Waals surface area contributed by atoms with Gasteiger partial charge in [-0.1, -0.05) is 43.5 Å². The average Bonchev–Trinajstić information content (AvgIpc) is 3.57. The molecule has 2 aromatic carbocycles. The largest absolute Gasteiger partial charge is 0.454 e. The van der Waals surface area contributed by atoms with Crippen molar-refractivity contribution in [1.82, 2.24) is 9.80 Å². The fourth-order valence-corrected chi connectivity index (χ4v) is 6.77. The summed E-state index contributed by atoms with van der Waals surface area (Å²) in [7, 11) is 0. The van der Waals surface area contributed by atoms with Crippen molar-refractivity contribution in [3.63, 3.8) is 0 Å². The molecule has 8 heteroatoms. The number of ether oxygens (including phenoxy) is 2. The lowest BCUT2D eigenvalue weighted by Crippen LogP contribution is -2.49. The Bertz CT molecular complexity index is 1300. The molecule has 1 aliphatic carbocycles. The lowest BCUT2D eigenvalue weighted by atomic mass is 9.84. The minimum atomic E-state index is -0.792. The highest BCUT2D eigenvalue weighted by atomic mass is 16.7. The molecule has 0 spiro atoms. The Morgan fingerprint density at radius 3 is 2.56 bits per heavy atom. The van der Waals surface area contributed by atoms with Gasteiger partial charge in [-0.2, -0.15) is 0 Å². The Labute approximate surface area is 208 Å². The monoisotopic (exact) mass is 485 g/mol. The Morgan fingerprint density at radius 2 is 1.69 bits per heavy atom. The van der Waals surface area contributed by atoms with Crippen LogP contribution in [0.3, 0.4) is 0 Å². The summed E-state index contributed by atoms with van der Waals surface area (Å²) in [6.45, 7) is 0.145. The number of carbonyl (C=O) groups excluding carboxylic acids is 3. The number of likely N-dealkylation sites (tertiary alicyclic amines) is 1. The van der Waals surface area contributed by atoms with Crippen LogP contribution in [0.5, 0.6) is 11.5 Å². The molecule has 3 fully saturated rings. The van der Waals surface area contributed by atoms with Crippen molar-refractivity contribution in [2.24, 2.45) is 11.8 Å². The lowest BCUT2D eigenvalue weighted by Gasteiger charge is -2.37. The van der Waals surface area contributed by atoms with Gasteiger partial charge in [-0.15, -0.1) is 0 Å². The Kier molecular flexibility index (Phi) is 4.84. The van der Waals surface area contributed by atoms with Crippen LogP contribution in [0.1, 0.15) is 49.3 Å². The van der Waals surface area contributed by atoms with Gasteiger partial charge in [-0.05, 0) is 42.2 Å². The molecule has 2 saturated heterocycles. The van der Waals surface area contributed by atoms with Crippen LogP contribution in [0.2, 0.25) is 0 Å². The predicted octanol–water partition coefficient (Wildman–Crippen LogP) is 3.70. The molecular weight excluding hydrogens is 458 g/mol. The van der Waals surface area contributed by atoms with Crippen LogP contribution in [0, 0.1) is 11.8 Å². The molecule has 36 heavy (non-hydrogen) atoms. The minimum absolute atomic E-state index is 0.0650. The highest BCUT2D eigenvalue weighted by Gasteiger charge is 2.65. The molecule has 2 aromatic rings. The first kappa shape index (κ1) is 21.5. The van der Waals surface area contributed by atoms with E-state index < -0.39 is 17.9 Å². The highest BCUT2D eigenvalue weighted by Crippen LogP contribution is 2.53. The van der Waals surface area contributed by atoms with Crippen molar-refractivity contribution in [2.75, 3.05) is 12.1 Å². The third-order valence-electron chi connectivity index (χ3n) is 8.34. The van der Waals surface area contributed by atoms with Gasteiger partial charge in [-0.25, -0.2) is 0 Å². The number of amides is 3. The van der Waals surface area contributed by atoms with Gasteiger partial charge in [0.1, 0.15) is 6.04 Å². The van der Waals surface area contributed by atoms with Gasteiger partial charge < -0.3 is 19.7 Å². The van der Waals surface area contributed by atoms with Gasteiger partial charge >= 0.3 is 0 Å². The molecule has 0 unspecified atom stereocenters. The second-order valence-electron chi connectivity index (χ2n) is 10.2. The van der Waals surface area contributed by atoms with E-state index in [1.54, 1.807) is 18.2 Å². The van der Waals surface area contributed by atoms with E-state index in [0.717, 1.165) is 43.2 Å². The van der Waals surface area contributed by atoms with Gasteiger partial charge in [0.25, 0.3) is 0 Å². The van der Waals surface area contributed by atoms with Crippen LogP contribution in [0.25, 0.3) is 6.08 Å². The maximum atomic E-state index is 13.9. The van der Waals surface area contributed by atoms with Crippen LogP contribution < -0.4 is 14.8 Å². The van der Waals surface area contributed by atoms with Gasteiger partial charge in [-0.3, -0.25) is 19.3 Å². The number of anilines is 1. The number of benzene rings is 2. The molecule has 0 radical (unpaired) electrons. The van der Waals surface area contributed by atoms with E-state index in [-0.39, 0.29) is 36.6 Å². The van der Waals surface area contributed by atoms with Crippen LogP contribution in [0.4, 0.5) is 5.69 Å². The Balaban J connectivity index is 1.27. The number of fused-ring (bicyclic) bond motifs is 6. The summed E-state index contributed by atoms with van der Waals surface area (Å²) in [5, 5.41) is 2.98. The maximum absolute atomic E-state index is 13.9. The number of rotatable bonds is 3. The first-order valence-corrected chi connectivity index (χ1v) is 12.7. The molecule has 4 aliphatic heterocycles. The second kappa shape index (κ2) is 8.11. The van der Waals surface area contributed by atoms with Gasteiger partial charge in [0.2, 0.25) is 24.5 Å². The highest BCUT2D eigenvalue weighted by molar-refractivity contribution is 6.11. The second-order valence-corrected chi connectivity index (χ2v) is 10.2. The van der Waals surface area contributed by atoms with Crippen molar-refractivity contribution < 1.29 is 23.9 Å². The summed E-state index contributed by atoms with van der Waals surface area (Å²) >= 11 is 0. The van der Waals surface area contributed by atoms with Crippen LogP contribution in [0.15, 0.2) is 48.7 Å². The van der Waals surface area contributed by atoms with Gasteiger partial charge in [0, 0.05) is 24.0 Å². The predicted molar refractivity (Wildman–Crippen MR) is 131 cm³/mol. The summed E-state index contributed by atoms with van der Waals surface area (Å²) in [6.07, 6.45) is 8.70. The minimum Gasteiger partial charge on any atom is -0.454 e. The molecular formula is C28H27N3O5. The molecule has 3 amide bonds. The normalized spacial score (nSPS) is 28.2. The van der Waals surface area contributed by atoms with Crippen molar-refractivity contribution in [3.05, 3.63) is 59.8 Å². The fourth-order valence-electron chi connectivity index (χ4n) is 6.77. The number of nitrogens with one attached hydrogen (secondary N) is 1. The molecule has 184 valence electrons. The number of nitrogens with zero attached hydrogens (tertiary/aromatic N) is 2. The smallest absolute Gasteiger partial charge is 0.247 e. The summed E-state index contributed by atoms with van der Waals surface area (Å²) in [6, 6.07) is 12.0. The Hall–Kier alpha value is -3.81. The molecule has 4 atom stereocenters. The molecule has 1 N–H and O–H groups in total. The number of imide groups is 1. The van der Waals surface area contributed by atoms with E-state index in [0.29, 0.717) is 17.2 Å². The van der Waals surface area contributed by atoms with E-state index in [2.05, 4.69) is 5.32 Å². The molecule has 1 saturated carbocycles. The molecule has 4 heterocycles. The molecule has 8 nitrogen and oxygen atoms in total. The number of hydrogen-bond donors (Lipinski definition) is 1. The van der Waals surface area contributed by atoms with Crippen LogP contribution >= 0.6 is 0 Å². The summed E-state index contributed by atoms with van der Waals surface area (Å²) in [5.41, 5.74) is 2.57. The van der Waals surface area contributed by atoms with Crippen LogP contribution in [-0.4, -0.2) is 46.4 Å². The summed E-state index contributed by atoms with van der Waals surface area (Å²) in [4.78, 5) is 45.1. The van der Waals surface area contributed by atoms with Crippen molar-refractivity contribution in [1.29, 1.82) is 0 Å². The fraction of sp³-hybridized carbons (Fsp3) is 0.393. The number of carbonyl (C=O) groups is 3. The maximum Gasteiger partial charge on any atom is 0.247 e. The first-order valence-electron chi connectivity index (χ1n) is 12.7. The molecule has 0 aromatic heterocycles. The van der Waals surface area contributed by atoms with Crippen molar-refractivity contribution >= 4 is 29.5 Å². The third-order valence-corrected chi connectivity index (χ3v) is 8.34. The van der Waals surface area contributed by atoms with E-state index >= 15 is 0 Å². The van der Waals surface area contributed by atoms with E-state index in [1.165, 1.54) is 4.90 Å². The van der Waals surface area contributed by atoms with E-state index in [4.69, 9.17) is 9.47 Å². The number of hydrogen-bond acceptors (Lipinski definition) is 6. The quantitative estimate of drug-likeness (QED) is 0.667. The molecule has 5 aliphatic rings. The van der Waals surface area contributed by atoms with Gasteiger partial charge in [0.15, 0.2) is 11.5 Å².